The van der Waals surface area contributed by atoms with Crippen molar-refractivity contribution >= 4 is 0 Å². The van der Waals surface area contributed by atoms with Crippen molar-refractivity contribution in [2.24, 2.45) is 5.92 Å². The Morgan fingerprint density at radius 3 is 1.63 bits per heavy atom. The van der Waals surface area contributed by atoms with E-state index in [-0.39, 0.29) is 58.1 Å². The maximum absolute atomic E-state index is 5.60. The van der Waals surface area contributed by atoms with E-state index in [9.17, 15) is 0 Å². The first-order chi connectivity index (χ1) is 5.74. The molecule has 0 aromatic heterocycles. The largest absolute Gasteiger partial charge is 0.382 e. The first-order valence-electron chi connectivity index (χ1n) is 4.64. The first kappa shape index (κ1) is 51.1. The van der Waals surface area contributed by atoms with Gasteiger partial charge in [0.05, 0.1) is 13.5 Å². The molecule has 0 saturated heterocycles. The molecular formula is C17H48O2. The molecule has 0 amide bonds. The van der Waals surface area contributed by atoms with Crippen LogP contribution in [0.25, 0.3) is 0 Å². The van der Waals surface area contributed by atoms with Crippen molar-refractivity contribution in [1.82, 2.24) is 0 Å². The summed E-state index contributed by atoms with van der Waals surface area (Å²) in [6.07, 6.45) is 2.12. The molecule has 19 heavy (non-hydrogen) atoms. The van der Waals surface area contributed by atoms with Gasteiger partial charge in [-0.25, -0.2) is 0 Å². The summed E-state index contributed by atoms with van der Waals surface area (Å²) in [5.41, 5.74) is 0. The van der Waals surface area contributed by atoms with Crippen LogP contribution in [0.5, 0.6) is 0 Å². The third-order valence-corrected chi connectivity index (χ3v) is 1.99. The van der Waals surface area contributed by atoms with Gasteiger partial charge in [0.15, 0.2) is 0 Å². The average molecular weight is 285 g/mol. The second-order valence-electron chi connectivity index (χ2n) is 3.21. The van der Waals surface area contributed by atoms with Crippen LogP contribution in [-0.2, 0) is 9.47 Å². The molecule has 0 heterocycles. The zero-order valence-electron chi connectivity index (χ0n) is 9.51. The van der Waals surface area contributed by atoms with E-state index in [0.29, 0.717) is 12.5 Å². The highest BCUT2D eigenvalue weighted by molar-refractivity contribution is 4.59. The normalized spacial score (nSPS) is 10.1. The number of rotatable bonds is 7. The van der Waals surface area contributed by atoms with Gasteiger partial charge in [-0.15, -0.1) is 0 Å². The summed E-state index contributed by atoms with van der Waals surface area (Å²) in [5, 5.41) is 0. The van der Waals surface area contributed by atoms with Crippen LogP contribution in [-0.4, -0.2) is 26.4 Å². The maximum Gasteiger partial charge on any atom is 0.121 e. The second kappa shape index (κ2) is 36.1. The molecule has 0 rings (SSSR count). The van der Waals surface area contributed by atoms with Crippen LogP contribution in [0, 0.1) is 20.3 Å². The topological polar surface area (TPSA) is 18.5 Å². The van der Waals surface area contributed by atoms with Gasteiger partial charge in [-0.2, -0.15) is 0 Å². The highest BCUT2D eigenvalue weighted by Gasteiger charge is 2.10. The van der Waals surface area contributed by atoms with Crippen molar-refractivity contribution in [3.63, 3.8) is 0 Å². The van der Waals surface area contributed by atoms with Crippen LogP contribution in [0.15, 0.2) is 0 Å². The van der Waals surface area contributed by atoms with Gasteiger partial charge in [-0.05, 0) is 5.92 Å². The van der Waals surface area contributed by atoms with Crippen molar-refractivity contribution in [3.05, 3.63) is 14.4 Å². The Bertz CT molecular complexity index is 95.3. The number of hydrogen-bond acceptors (Lipinski definition) is 2. The van der Waals surface area contributed by atoms with Crippen LogP contribution in [0.2, 0.25) is 0 Å². The average Bonchev–Trinajstić information content (AvgIpc) is 2.11. The van der Waals surface area contributed by atoms with Crippen molar-refractivity contribution in [3.8, 4) is 0 Å². The highest BCUT2D eigenvalue weighted by Crippen LogP contribution is 2.05. The predicted molar refractivity (Wildman–Crippen MR) is 97.8 cm³/mol. The molecule has 2 unspecified atom stereocenters. The molecule has 0 N–H and O–H groups in total. The van der Waals surface area contributed by atoms with E-state index >= 15 is 0 Å². The lowest BCUT2D eigenvalue weighted by molar-refractivity contribution is -0.0136. The van der Waals surface area contributed by atoms with E-state index in [1.54, 1.807) is 7.11 Å². The van der Waals surface area contributed by atoms with Gasteiger partial charge in [0.25, 0.3) is 0 Å². The minimum absolute atomic E-state index is 0. The lowest BCUT2D eigenvalue weighted by Gasteiger charge is -2.15. The van der Waals surface area contributed by atoms with Crippen LogP contribution >= 0.6 is 0 Å². The van der Waals surface area contributed by atoms with Gasteiger partial charge >= 0.3 is 0 Å². The molecule has 128 valence electrons. The zero-order valence-corrected chi connectivity index (χ0v) is 9.51. The molecule has 0 saturated carbocycles. The van der Waals surface area contributed by atoms with Crippen molar-refractivity contribution in [2.45, 2.75) is 77.4 Å². The molecule has 0 radical (unpaired) electrons. The number of hydrogen-bond donors (Lipinski definition) is 0. The zero-order chi connectivity index (χ0) is 9.40. The Morgan fingerprint density at radius 2 is 1.37 bits per heavy atom. The van der Waals surface area contributed by atoms with Crippen molar-refractivity contribution in [2.75, 3.05) is 20.3 Å². The van der Waals surface area contributed by atoms with Crippen LogP contribution in [0.1, 0.15) is 71.2 Å². The smallest absolute Gasteiger partial charge is 0.121 e. The van der Waals surface area contributed by atoms with E-state index in [2.05, 4.69) is 20.8 Å². The molecule has 0 spiro atoms. The Kier molecular flexibility index (Phi) is 97.0. The van der Waals surface area contributed by atoms with Crippen molar-refractivity contribution < 1.29 is 9.47 Å². The summed E-state index contributed by atoms with van der Waals surface area (Å²) < 4.78 is 10.6. The van der Waals surface area contributed by atoms with Gasteiger partial charge < -0.3 is 16.9 Å². The molecule has 0 aliphatic carbocycles. The quantitative estimate of drug-likeness (QED) is 0.493. The van der Waals surface area contributed by atoms with Gasteiger partial charge in [0.1, 0.15) is 12.5 Å². The van der Waals surface area contributed by atoms with E-state index < -0.39 is 0 Å². The fourth-order valence-corrected chi connectivity index (χ4v) is 0.819. The van der Waals surface area contributed by atoms with Gasteiger partial charge in [-0.1, -0.05) is 64.8 Å². The Hall–Kier alpha value is -0.210. The van der Waals surface area contributed by atoms with Crippen LogP contribution in [0.4, 0.5) is 0 Å². The number of ether oxygens (including phenoxy) is 2. The van der Waals surface area contributed by atoms with Crippen LogP contribution in [0.3, 0.4) is 0 Å². The van der Waals surface area contributed by atoms with Gasteiger partial charge in [0.2, 0.25) is 0 Å². The van der Waals surface area contributed by atoms with Gasteiger partial charge in [-0.3, -0.25) is 0 Å². The molecule has 0 fully saturated rings. The minimum Gasteiger partial charge on any atom is -0.382 e. The van der Waals surface area contributed by atoms with E-state index in [1.807, 2.05) is 0 Å². The maximum atomic E-state index is 5.60. The van der Waals surface area contributed by atoms with E-state index in [4.69, 9.17) is 9.47 Å². The van der Waals surface area contributed by atoms with Crippen LogP contribution < -0.4 is 0 Å². The minimum atomic E-state index is 0. The Morgan fingerprint density at radius 1 is 0.947 bits per heavy atom. The SMILES string of the molecule is C.C.C.C.C.C.[CH2+]CC(COC)OCC(C)CC.[CH3-]. The fourth-order valence-electron chi connectivity index (χ4n) is 0.819. The number of methoxy groups -OCH3 is 1. The molecule has 0 bridgehead atoms. The Balaban J connectivity index is -0.0000000288. The van der Waals surface area contributed by atoms with E-state index in [0.717, 1.165) is 19.4 Å². The molecule has 2 heteroatoms. The lowest BCUT2D eigenvalue weighted by Crippen LogP contribution is -2.21. The third-order valence-electron chi connectivity index (χ3n) is 1.99. The predicted octanol–water partition coefficient (Wildman–Crippen LogP) is 6.56. The Labute approximate surface area is 128 Å². The molecule has 0 aliphatic heterocycles. The summed E-state index contributed by atoms with van der Waals surface area (Å²) in [4.78, 5) is 0. The fraction of sp³-hybridized carbons (Fsp3) is 0.882. The van der Waals surface area contributed by atoms with E-state index in [1.165, 1.54) is 0 Å². The molecule has 0 aromatic rings. The molecular weight excluding hydrogens is 236 g/mol. The third kappa shape index (κ3) is 31.9. The summed E-state index contributed by atoms with van der Waals surface area (Å²) in [6, 6.07) is 0. The second-order valence-corrected chi connectivity index (χ2v) is 3.21. The molecule has 2 atom stereocenters. The summed E-state index contributed by atoms with van der Waals surface area (Å²) in [5.74, 6) is 0.635. The molecule has 0 aromatic carbocycles. The van der Waals surface area contributed by atoms with Gasteiger partial charge in [0, 0.05) is 13.7 Å². The molecule has 0 aliphatic rings. The summed E-state index contributed by atoms with van der Waals surface area (Å²) >= 11 is 0. The molecule has 2 nitrogen and oxygen atoms in total. The summed E-state index contributed by atoms with van der Waals surface area (Å²) in [7, 11) is 1.69. The first-order valence-corrected chi connectivity index (χ1v) is 4.64. The monoisotopic (exact) mass is 284 g/mol. The lowest BCUT2D eigenvalue weighted by atomic mass is 10.1. The summed E-state index contributed by atoms with van der Waals surface area (Å²) in [6.45, 7) is 9.63. The highest BCUT2D eigenvalue weighted by atomic mass is 16.5. The standard InChI is InChI=1S/C10H21O2.6CH4.CH3/c1-5-9(3)7-12-10(6-2)8-11-4;;;;;;;/h9-10H,2,5-8H2,1,3-4H3;6*1H4;1H3/q+1;;;;;;;-1. The van der Waals surface area contributed by atoms with Crippen molar-refractivity contribution in [1.29, 1.82) is 0 Å².